The lowest BCUT2D eigenvalue weighted by atomic mass is 10.1. The van der Waals surface area contributed by atoms with Gasteiger partial charge in [0.2, 0.25) is 0 Å². The van der Waals surface area contributed by atoms with E-state index in [-0.39, 0.29) is 6.61 Å². The summed E-state index contributed by atoms with van der Waals surface area (Å²) in [4.78, 5) is 6.67. The van der Waals surface area contributed by atoms with Crippen LogP contribution in [0.1, 0.15) is 29.7 Å². The molecule has 4 heteroatoms. The van der Waals surface area contributed by atoms with Crippen molar-refractivity contribution in [1.29, 1.82) is 0 Å². The Morgan fingerprint density at radius 1 is 1.30 bits per heavy atom. The van der Waals surface area contributed by atoms with E-state index in [4.69, 9.17) is 9.52 Å². The second-order valence-corrected chi connectivity index (χ2v) is 5.26. The highest BCUT2D eigenvalue weighted by Crippen LogP contribution is 2.14. The van der Waals surface area contributed by atoms with Gasteiger partial charge >= 0.3 is 0 Å². The van der Waals surface area contributed by atoms with E-state index in [0.717, 1.165) is 24.4 Å². The molecule has 0 saturated carbocycles. The topological polar surface area (TPSA) is 49.5 Å². The SMILES string of the molecule is Cc1cccnc1C[C@@H](C)N(C)Cc1ccc(CO)o1. The molecular formula is C16H22N2O2. The van der Waals surface area contributed by atoms with Crippen molar-refractivity contribution in [2.24, 2.45) is 0 Å². The molecular weight excluding hydrogens is 252 g/mol. The fourth-order valence-electron chi connectivity index (χ4n) is 2.16. The maximum absolute atomic E-state index is 9.00. The standard InChI is InChI=1S/C16H22N2O2/c1-12-5-4-8-17-16(12)9-13(2)18(3)10-14-6-7-15(11-19)20-14/h4-8,13,19H,9-11H2,1-3H3/t13-/m1/s1. The van der Waals surface area contributed by atoms with Crippen LogP contribution in [-0.4, -0.2) is 28.1 Å². The van der Waals surface area contributed by atoms with Gasteiger partial charge in [0.25, 0.3) is 0 Å². The predicted octanol–water partition coefficient (Wildman–Crippen LogP) is 2.54. The molecule has 1 atom stereocenters. The highest BCUT2D eigenvalue weighted by molar-refractivity contribution is 5.18. The summed E-state index contributed by atoms with van der Waals surface area (Å²) in [5, 5.41) is 9.00. The molecule has 0 amide bonds. The van der Waals surface area contributed by atoms with Gasteiger partial charge in [-0.15, -0.1) is 0 Å². The van der Waals surface area contributed by atoms with Gasteiger partial charge in [0, 0.05) is 24.4 Å². The number of pyridine rings is 1. The first-order chi connectivity index (χ1) is 9.60. The Kier molecular flexibility index (Phi) is 4.93. The number of aryl methyl sites for hydroxylation is 1. The number of furan rings is 1. The summed E-state index contributed by atoms with van der Waals surface area (Å²) in [5.74, 6) is 1.49. The van der Waals surface area contributed by atoms with E-state index in [1.54, 1.807) is 0 Å². The van der Waals surface area contributed by atoms with Gasteiger partial charge < -0.3 is 9.52 Å². The normalized spacial score (nSPS) is 12.8. The van der Waals surface area contributed by atoms with E-state index in [1.165, 1.54) is 5.56 Å². The van der Waals surface area contributed by atoms with Crippen LogP contribution in [-0.2, 0) is 19.6 Å². The van der Waals surface area contributed by atoms with Gasteiger partial charge in [-0.05, 0) is 44.7 Å². The molecule has 2 heterocycles. The molecule has 1 N–H and O–H groups in total. The Balaban J connectivity index is 1.95. The maximum Gasteiger partial charge on any atom is 0.129 e. The van der Waals surface area contributed by atoms with Gasteiger partial charge in [-0.2, -0.15) is 0 Å². The molecule has 0 aliphatic rings. The molecule has 2 aromatic heterocycles. The molecule has 4 nitrogen and oxygen atoms in total. The second-order valence-electron chi connectivity index (χ2n) is 5.26. The third-order valence-corrected chi connectivity index (χ3v) is 3.64. The zero-order chi connectivity index (χ0) is 14.5. The van der Waals surface area contributed by atoms with E-state index >= 15 is 0 Å². The predicted molar refractivity (Wildman–Crippen MR) is 78.2 cm³/mol. The van der Waals surface area contributed by atoms with Crippen molar-refractivity contribution in [1.82, 2.24) is 9.88 Å². The number of hydrogen-bond donors (Lipinski definition) is 1. The largest absolute Gasteiger partial charge is 0.462 e. The zero-order valence-corrected chi connectivity index (χ0v) is 12.3. The fraction of sp³-hybridized carbons (Fsp3) is 0.438. The molecule has 0 unspecified atom stereocenters. The van der Waals surface area contributed by atoms with Crippen molar-refractivity contribution in [3.8, 4) is 0 Å². The van der Waals surface area contributed by atoms with Crippen molar-refractivity contribution in [2.75, 3.05) is 7.05 Å². The van der Waals surface area contributed by atoms with Gasteiger partial charge in [-0.25, -0.2) is 0 Å². The zero-order valence-electron chi connectivity index (χ0n) is 12.3. The molecule has 0 aliphatic heterocycles. The molecule has 0 aliphatic carbocycles. The van der Waals surface area contributed by atoms with Crippen LogP contribution in [0.3, 0.4) is 0 Å². The van der Waals surface area contributed by atoms with E-state index in [9.17, 15) is 0 Å². The van der Waals surface area contributed by atoms with Crippen LogP contribution in [0.4, 0.5) is 0 Å². The average molecular weight is 274 g/mol. The first kappa shape index (κ1) is 14.8. The summed E-state index contributed by atoms with van der Waals surface area (Å²) in [5.41, 5.74) is 2.37. The number of aliphatic hydroxyl groups is 1. The van der Waals surface area contributed by atoms with Crippen LogP contribution in [0.2, 0.25) is 0 Å². The van der Waals surface area contributed by atoms with Crippen LogP contribution in [0.5, 0.6) is 0 Å². The van der Waals surface area contributed by atoms with Gasteiger partial charge in [-0.3, -0.25) is 9.88 Å². The molecule has 2 rings (SSSR count). The van der Waals surface area contributed by atoms with Crippen LogP contribution >= 0.6 is 0 Å². The smallest absolute Gasteiger partial charge is 0.129 e. The number of nitrogens with zero attached hydrogens (tertiary/aromatic N) is 2. The molecule has 2 aromatic rings. The number of aromatic nitrogens is 1. The Bertz CT molecular complexity index is 551. The Labute approximate surface area is 120 Å². The number of likely N-dealkylation sites (N-methyl/N-ethyl adjacent to an activating group) is 1. The van der Waals surface area contributed by atoms with Crippen molar-refractivity contribution in [2.45, 2.75) is 39.5 Å². The first-order valence-corrected chi connectivity index (χ1v) is 6.89. The van der Waals surface area contributed by atoms with Crippen molar-refractivity contribution >= 4 is 0 Å². The van der Waals surface area contributed by atoms with Gasteiger partial charge in [0.05, 0.1) is 6.54 Å². The van der Waals surface area contributed by atoms with Gasteiger partial charge in [0.1, 0.15) is 18.1 Å². The molecule has 0 bridgehead atoms. The lowest BCUT2D eigenvalue weighted by molar-refractivity contribution is 0.210. The average Bonchev–Trinajstić information content (AvgIpc) is 2.89. The van der Waals surface area contributed by atoms with Crippen molar-refractivity contribution < 1.29 is 9.52 Å². The minimum Gasteiger partial charge on any atom is -0.462 e. The van der Waals surface area contributed by atoms with Crippen molar-refractivity contribution in [3.05, 3.63) is 53.2 Å². The summed E-state index contributed by atoms with van der Waals surface area (Å²) < 4.78 is 5.52. The maximum atomic E-state index is 9.00. The quantitative estimate of drug-likeness (QED) is 0.879. The number of aliphatic hydroxyl groups excluding tert-OH is 1. The Morgan fingerprint density at radius 3 is 2.70 bits per heavy atom. The molecule has 0 spiro atoms. The monoisotopic (exact) mass is 274 g/mol. The van der Waals surface area contributed by atoms with Crippen molar-refractivity contribution in [3.63, 3.8) is 0 Å². The fourth-order valence-corrected chi connectivity index (χ4v) is 2.16. The number of hydrogen-bond acceptors (Lipinski definition) is 4. The summed E-state index contributed by atoms with van der Waals surface area (Å²) in [6.07, 6.45) is 2.76. The van der Waals surface area contributed by atoms with E-state index in [0.29, 0.717) is 11.8 Å². The minimum atomic E-state index is -0.0492. The highest BCUT2D eigenvalue weighted by Gasteiger charge is 2.14. The Morgan fingerprint density at radius 2 is 2.05 bits per heavy atom. The van der Waals surface area contributed by atoms with Gasteiger partial charge in [-0.1, -0.05) is 6.07 Å². The van der Waals surface area contributed by atoms with E-state index in [2.05, 4.69) is 36.8 Å². The lowest BCUT2D eigenvalue weighted by Gasteiger charge is -2.24. The molecule has 0 radical (unpaired) electrons. The summed E-state index contributed by atoms with van der Waals surface area (Å²) in [6, 6.07) is 8.16. The third-order valence-electron chi connectivity index (χ3n) is 3.64. The summed E-state index contributed by atoms with van der Waals surface area (Å²) >= 11 is 0. The molecule has 0 saturated heterocycles. The summed E-state index contributed by atoms with van der Waals surface area (Å²) in [7, 11) is 2.07. The highest BCUT2D eigenvalue weighted by atomic mass is 16.4. The second kappa shape index (κ2) is 6.68. The molecule has 20 heavy (non-hydrogen) atoms. The molecule has 0 fully saturated rings. The minimum absolute atomic E-state index is 0.0492. The third kappa shape index (κ3) is 3.68. The number of rotatable bonds is 6. The van der Waals surface area contributed by atoms with Crippen LogP contribution < -0.4 is 0 Å². The van der Waals surface area contributed by atoms with Gasteiger partial charge in [0.15, 0.2) is 0 Å². The van der Waals surface area contributed by atoms with E-state index in [1.807, 2.05) is 24.4 Å². The molecule has 108 valence electrons. The van der Waals surface area contributed by atoms with Crippen LogP contribution in [0, 0.1) is 6.92 Å². The first-order valence-electron chi connectivity index (χ1n) is 6.89. The summed E-state index contributed by atoms with van der Waals surface area (Å²) in [6.45, 7) is 4.96. The lowest BCUT2D eigenvalue weighted by Crippen LogP contribution is -2.30. The van der Waals surface area contributed by atoms with Crippen LogP contribution in [0.25, 0.3) is 0 Å². The van der Waals surface area contributed by atoms with Crippen LogP contribution in [0.15, 0.2) is 34.9 Å². The molecule has 0 aromatic carbocycles. The van der Waals surface area contributed by atoms with E-state index < -0.39 is 0 Å². The Hall–Kier alpha value is -1.65.